The maximum Gasteiger partial charge on any atom is 0.113 e. The molecule has 0 bridgehead atoms. The van der Waals surface area contributed by atoms with Crippen LogP contribution in [0, 0.1) is 16.7 Å². The zero-order valence-electron chi connectivity index (χ0n) is 10.8. The highest BCUT2D eigenvalue weighted by Gasteiger charge is 2.57. The molecule has 2 aliphatic rings. The Labute approximate surface area is 95.1 Å². The highest BCUT2D eigenvalue weighted by atomic mass is 14.5. The van der Waals surface area contributed by atoms with Gasteiger partial charge < -0.3 is 0 Å². The van der Waals surface area contributed by atoms with E-state index in [2.05, 4.69) is 33.8 Å². The molecule has 0 aromatic heterocycles. The molecule has 0 aliphatic heterocycles. The smallest absolute Gasteiger partial charge is 0.0689 e. The van der Waals surface area contributed by atoms with E-state index in [0.717, 1.165) is 0 Å². The van der Waals surface area contributed by atoms with Gasteiger partial charge in [0, 0.05) is 11.8 Å². The van der Waals surface area contributed by atoms with Gasteiger partial charge >= 0.3 is 0 Å². The Balaban J connectivity index is 2.16. The Morgan fingerprint density at radius 2 is 1.93 bits per heavy atom. The van der Waals surface area contributed by atoms with Gasteiger partial charge in [-0.25, -0.2) is 0 Å². The van der Waals surface area contributed by atoms with Crippen LogP contribution in [-0.4, -0.2) is 0 Å². The summed E-state index contributed by atoms with van der Waals surface area (Å²) in [5.41, 5.74) is 2.64. The molecule has 84 valence electrons. The van der Waals surface area contributed by atoms with E-state index < -0.39 is 0 Å². The van der Waals surface area contributed by atoms with Gasteiger partial charge in [0.05, 0.1) is 6.42 Å². The fraction of sp³-hybridized carbons (Fsp3) is 0.800. The Kier molecular flexibility index (Phi) is 2.65. The van der Waals surface area contributed by atoms with Gasteiger partial charge in [-0.15, -0.1) is 0 Å². The molecule has 0 nitrogen and oxygen atoms in total. The Morgan fingerprint density at radius 3 is 2.40 bits per heavy atom. The molecule has 0 amide bonds. The molecule has 0 spiro atoms. The molecule has 15 heavy (non-hydrogen) atoms. The second kappa shape index (κ2) is 3.57. The second-order valence-corrected chi connectivity index (χ2v) is 6.43. The summed E-state index contributed by atoms with van der Waals surface area (Å²) in [7, 11) is 0. The first kappa shape index (κ1) is 11.1. The van der Waals surface area contributed by atoms with Crippen LogP contribution in [0.5, 0.6) is 0 Å². The molecular weight excluding hydrogens is 180 g/mol. The number of rotatable bonds is 1. The van der Waals surface area contributed by atoms with Gasteiger partial charge in [0.1, 0.15) is 17.8 Å². The highest BCUT2D eigenvalue weighted by Crippen LogP contribution is 2.60. The standard InChI is InChI=1S/C15H25/c1-12-6-8-13(9-7-12)15(4)11-5-10-14(15,2)3/h6H,5,7-11H2,1-4H3/q+1. The molecule has 0 heterocycles. The van der Waals surface area contributed by atoms with Crippen molar-refractivity contribution in [2.75, 3.05) is 0 Å². The van der Waals surface area contributed by atoms with Crippen molar-refractivity contribution >= 4 is 0 Å². The van der Waals surface area contributed by atoms with Gasteiger partial charge in [-0.05, 0) is 39.2 Å². The maximum atomic E-state index is 2.52. The zero-order valence-corrected chi connectivity index (χ0v) is 10.8. The Bertz CT molecular complexity index is 272. The third-order valence-corrected chi connectivity index (χ3v) is 5.27. The van der Waals surface area contributed by atoms with Crippen molar-refractivity contribution in [1.29, 1.82) is 0 Å². The predicted molar refractivity (Wildman–Crippen MR) is 66.6 cm³/mol. The van der Waals surface area contributed by atoms with Crippen molar-refractivity contribution < 1.29 is 0 Å². The zero-order chi connectivity index (χ0) is 11.1. The molecule has 1 fully saturated rings. The normalized spacial score (nSPS) is 35.5. The molecule has 0 radical (unpaired) electrons. The lowest BCUT2D eigenvalue weighted by Gasteiger charge is -2.37. The van der Waals surface area contributed by atoms with Gasteiger partial charge in [0.15, 0.2) is 0 Å². The molecule has 0 aromatic carbocycles. The first-order chi connectivity index (χ1) is 6.96. The summed E-state index contributed by atoms with van der Waals surface area (Å²) >= 11 is 0. The molecular formula is C15H25+. The molecule has 2 rings (SSSR count). The van der Waals surface area contributed by atoms with E-state index in [1.54, 1.807) is 5.57 Å². The van der Waals surface area contributed by atoms with Crippen molar-refractivity contribution in [2.45, 2.75) is 66.2 Å². The van der Waals surface area contributed by atoms with Crippen LogP contribution in [0.2, 0.25) is 0 Å². The molecule has 0 saturated heterocycles. The first-order valence-electron chi connectivity index (χ1n) is 6.46. The van der Waals surface area contributed by atoms with E-state index in [-0.39, 0.29) is 0 Å². The van der Waals surface area contributed by atoms with Crippen LogP contribution in [0.25, 0.3) is 0 Å². The van der Waals surface area contributed by atoms with Crippen molar-refractivity contribution in [1.82, 2.24) is 0 Å². The summed E-state index contributed by atoms with van der Waals surface area (Å²) in [6, 6.07) is 0. The summed E-state index contributed by atoms with van der Waals surface area (Å²) in [6.45, 7) is 9.74. The number of hydrogen-bond donors (Lipinski definition) is 0. The summed E-state index contributed by atoms with van der Waals surface area (Å²) in [4.78, 5) is 0. The quantitative estimate of drug-likeness (QED) is 0.421. The summed E-state index contributed by atoms with van der Waals surface area (Å²) < 4.78 is 0. The fourth-order valence-corrected chi connectivity index (χ4v) is 3.50. The van der Waals surface area contributed by atoms with Crippen LogP contribution in [0.3, 0.4) is 0 Å². The molecule has 0 aromatic rings. The summed E-state index contributed by atoms with van der Waals surface area (Å²) in [5, 5.41) is 0. The van der Waals surface area contributed by atoms with E-state index in [4.69, 9.17) is 0 Å². The largest absolute Gasteiger partial charge is 0.113 e. The molecule has 1 unspecified atom stereocenters. The van der Waals surface area contributed by atoms with Crippen LogP contribution in [-0.2, 0) is 0 Å². The third-order valence-electron chi connectivity index (χ3n) is 5.27. The van der Waals surface area contributed by atoms with Crippen LogP contribution >= 0.6 is 0 Å². The molecule has 2 aliphatic carbocycles. The van der Waals surface area contributed by atoms with E-state index in [0.29, 0.717) is 10.8 Å². The average Bonchev–Trinajstić information content (AvgIpc) is 2.43. The van der Waals surface area contributed by atoms with Crippen molar-refractivity contribution in [3.63, 3.8) is 0 Å². The van der Waals surface area contributed by atoms with Gasteiger partial charge in [0.25, 0.3) is 0 Å². The van der Waals surface area contributed by atoms with E-state index in [9.17, 15) is 0 Å². The Morgan fingerprint density at radius 1 is 1.20 bits per heavy atom. The van der Waals surface area contributed by atoms with Crippen LogP contribution in [0.15, 0.2) is 11.6 Å². The van der Waals surface area contributed by atoms with E-state index >= 15 is 0 Å². The predicted octanol–water partition coefficient (Wildman–Crippen LogP) is 4.91. The summed E-state index contributed by atoms with van der Waals surface area (Å²) in [5.74, 6) is 1.83. The van der Waals surface area contributed by atoms with Crippen LogP contribution in [0.4, 0.5) is 0 Å². The van der Waals surface area contributed by atoms with E-state index in [1.165, 1.54) is 38.5 Å². The SMILES string of the molecule is CC1=CC[C+](C2(C)CCCC2(C)C)CC1. The van der Waals surface area contributed by atoms with Gasteiger partial charge in [-0.3, -0.25) is 0 Å². The molecule has 0 N–H and O–H groups in total. The van der Waals surface area contributed by atoms with E-state index in [1.807, 2.05) is 5.92 Å². The monoisotopic (exact) mass is 205 g/mol. The average molecular weight is 205 g/mol. The fourth-order valence-electron chi connectivity index (χ4n) is 3.50. The lowest BCUT2D eigenvalue weighted by Crippen LogP contribution is -2.36. The maximum absolute atomic E-state index is 2.52. The number of hydrogen-bond acceptors (Lipinski definition) is 0. The minimum atomic E-state index is 0.518. The lowest BCUT2D eigenvalue weighted by atomic mass is 9.59. The van der Waals surface area contributed by atoms with Crippen LogP contribution in [0.1, 0.15) is 66.2 Å². The van der Waals surface area contributed by atoms with Gasteiger partial charge in [-0.2, -0.15) is 0 Å². The second-order valence-electron chi connectivity index (χ2n) is 6.43. The Hall–Kier alpha value is -0.390. The first-order valence-corrected chi connectivity index (χ1v) is 6.46. The highest BCUT2D eigenvalue weighted by molar-refractivity contribution is 5.21. The molecule has 1 atom stereocenters. The van der Waals surface area contributed by atoms with Crippen molar-refractivity contribution in [3.8, 4) is 0 Å². The van der Waals surface area contributed by atoms with Gasteiger partial charge in [0.2, 0.25) is 0 Å². The van der Waals surface area contributed by atoms with Crippen molar-refractivity contribution in [2.24, 2.45) is 10.8 Å². The minimum Gasteiger partial charge on any atom is -0.0689 e. The van der Waals surface area contributed by atoms with Crippen molar-refractivity contribution in [3.05, 3.63) is 17.6 Å². The topological polar surface area (TPSA) is 0 Å². The third kappa shape index (κ3) is 1.73. The lowest BCUT2D eigenvalue weighted by molar-refractivity contribution is 0.136. The minimum absolute atomic E-state index is 0.518. The summed E-state index contributed by atoms with van der Waals surface area (Å²) in [6.07, 6.45) is 10.6. The number of allylic oxidation sites excluding steroid dienone is 2. The van der Waals surface area contributed by atoms with Gasteiger partial charge in [-0.1, -0.05) is 19.4 Å². The molecule has 1 saturated carbocycles. The molecule has 0 heteroatoms. The van der Waals surface area contributed by atoms with Crippen LogP contribution < -0.4 is 0 Å².